The second-order valence-corrected chi connectivity index (χ2v) is 6.07. The van der Waals surface area contributed by atoms with Crippen molar-refractivity contribution in [1.82, 2.24) is 0 Å². The molecule has 76 valence electrons. The summed E-state index contributed by atoms with van der Waals surface area (Å²) in [4.78, 5) is 0. The minimum absolute atomic E-state index is 0.403. The Kier molecular flexibility index (Phi) is 1.69. The van der Waals surface area contributed by atoms with E-state index in [-0.39, 0.29) is 0 Å². The predicted molar refractivity (Wildman–Crippen MR) is 54.3 cm³/mol. The lowest BCUT2D eigenvalue weighted by molar-refractivity contribution is -0.0943. The monoisotopic (exact) mass is 182 g/mol. The Bertz CT molecular complexity index is 205. The highest BCUT2D eigenvalue weighted by atomic mass is 16.3. The van der Waals surface area contributed by atoms with E-state index in [0.717, 1.165) is 5.92 Å². The number of hydrogen-bond donors (Lipinski definition) is 1. The van der Waals surface area contributed by atoms with Crippen LogP contribution < -0.4 is 0 Å². The lowest BCUT2D eigenvalue weighted by atomic mass is 9.61. The average molecular weight is 182 g/mol. The zero-order valence-electron chi connectivity index (χ0n) is 9.46. The average Bonchev–Trinajstić information content (AvgIpc) is 2.35. The van der Waals surface area contributed by atoms with E-state index in [0.29, 0.717) is 23.2 Å². The van der Waals surface area contributed by atoms with Crippen LogP contribution in [0.25, 0.3) is 0 Å². The van der Waals surface area contributed by atoms with E-state index in [1.54, 1.807) is 0 Å². The Morgan fingerprint density at radius 2 is 1.54 bits per heavy atom. The van der Waals surface area contributed by atoms with Crippen molar-refractivity contribution in [1.29, 1.82) is 0 Å². The number of rotatable bonds is 0. The molecule has 0 saturated heterocycles. The summed E-state index contributed by atoms with van der Waals surface area (Å²) in [6, 6.07) is 0. The molecule has 0 heterocycles. The van der Waals surface area contributed by atoms with Gasteiger partial charge in [-0.25, -0.2) is 0 Å². The maximum atomic E-state index is 10.4. The van der Waals surface area contributed by atoms with Crippen molar-refractivity contribution >= 4 is 0 Å². The summed E-state index contributed by atoms with van der Waals surface area (Å²) < 4.78 is 0. The van der Waals surface area contributed by atoms with E-state index in [2.05, 4.69) is 27.7 Å². The molecule has 2 rings (SSSR count). The van der Waals surface area contributed by atoms with Crippen LogP contribution in [0.4, 0.5) is 0 Å². The first-order valence-corrected chi connectivity index (χ1v) is 5.52. The normalized spacial score (nSPS) is 58.6. The molecule has 0 aromatic carbocycles. The van der Waals surface area contributed by atoms with Gasteiger partial charge in [0.1, 0.15) is 0 Å². The van der Waals surface area contributed by atoms with Gasteiger partial charge in [0.25, 0.3) is 0 Å². The van der Waals surface area contributed by atoms with Crippen LogP contribution in [-0.2, 0) is 0 Å². The van der Waals surface area contributed by atoms with Gasteiger partial charge in [0, 0.05) is 0 Å². The van der Waals surface area contributed by atoms with Gasteiger partial charge in [-0.1, -0.05) is 27.7 Å². The van der Waals surface area contributed by atoms with E-state index in [1.807, 2.05) is 6.92 Å². The lowest BCUT2D eigenvalue weighted by Gasteiger charge is -2.47. The van der Waals surface area contributed by atoms with Crippen molar-refractivity contribution < 1.29 is 5.11 Å². The molecular weight excluding hydrogens is 160 g/mol. The molecule has 1 heteroatoms. The van der Waals surface area contributed by atoms with Gasteiger partial charge in [-0.3, -0.25) is 0 Å². The standard InChI is InChI=1S/C12H22O/c1-7-10-6-9(11(7,3)4)8(2)12(10,5)13/h7-10,13H,6H2,1-5H3/t7-,8-,9+,10+,12+/m0/s1. The molecule has 0 radical (unpaired) electrons. The van der Waals surface area contributed by atoms with Crippen LogP contribution in [-0.4, -0.2) is 10.7 Å². The second-order valence-electron chi connectivity index (χ2n) is 6.07. The molecule has 13 heavy (non-hydrogen) atoms. The maximum Gasteiger partial charge on any atom is 0.0678 e. The first-order valence-electron chi connectivity index (χ1n) is 5.52. The summed E-state index contributed by atoms with van der Waals surface area (Å²) in [5.74, 6) is 2.40. The van der Waals surface area contributed by atoms with Crippen molar-refractivity contribution in [2.75, 3.05) is 0 Å². The molecule has 1 N–H and O–H groups in total. The Morgan fingerprint density at radius 1 is 1.00 bits per heavy atom. The first kappa shape index (κ1) is 9.51. The van der Waals surface area contributed by atoms with Gasteiger partial charge in [0.05, 0.1) is 5.60 Å². The lowest BCUT2D eigenvalue weighted by Crippen LogP contribution is -2.48. The summed E-state index contributed by atoms with van der Waals surface area (Å²) in [5, 5.41) is 10.4. The van der Waals surface area contributed by atoms with Gasteiger partial charge in [-0.15, -0.1) is 0 Å². The molecule has 0 aliphatic heterocycles. The van der Waals surface area contributed by atoms with Crippen LogP contribution in [0.3, 0.4) is 0 Å². The van der Waals surface area contributed by atoms with Gasteiger partial charge in [-0.2, -0.15) is 0 Å². The second kappa shape index (κ2) is 2.31. The number of hydrogen-bond acceptors (Lipinski definition) is 1. The van der Waals surface area contributed by atoms with Gasteiger partial charge in [-0.05, 0) is 42.4 Å². The predicted octanol–water partition coefficient (Wildman–Crippen LogP) is 2.69. The zero-order chi connectivity index (χ0) is 10.0. The van der Waals surface area contributed by atoms with E-state index < -0.39 is 5.60 Å². The fourth-order valence-corrected chi connectivity index (χ4v) is 3.98. The number of fused-ring (bicyclic) bond motifs is 2. The highest BCUT2D eigenvalue weighted by molar-refractivity contribution is 5.12. The molecule has 2 bridgehead atoms. The molecule has 2 fully saturated rings. The molecule has 0 aromatic heterocycles. The fraction of sp³-hybridized carbons (Fsp3) is 1.00. The van der Waals surface area contributed by atoms with Crippen LogP contribution in [0.15, 0.2) is 0 Å². The third-order valence-corrected chi connectivity index (χ3v) is 5.52. The Morgan fingerprint density at radius 3 is 1.92 bits per heavy atom. The van der Waals surface area contributed by atoms with Crippen molar-refractivity contribution in [3.63, 3.8) is 0 Å². The molecule has 0 unspecified atom stereocenters. The van der Waals surface area contributed by atoms with Crippen molar-refractivity contribution in [3.8, 4) is 0 Å². The Labute approximate surface area is 81.5 Å². The van der Waals surface area contributed by atoms with Crippen LogP contribution >= 0.6 is 0 Å². The van der Waals surface area contributed by atoms with E-state index in [4.69, 9.17) is 0 Å². The molecule has 0 spiro atoms. The summed E-state index contributed by atoms with van der Waals surface area (Å²) in [6.07, 6.45) is 1.24. The fourth-order valence-electron chi connectivity index (χ4n) is 3.98. The van der Waals surface area contributed by atoms with E-state index in [9.17, 15) is 5.11 Å². The minimum atomic E-state index is -0.403. The van der Waals surface area contributed by atoms with Crippen LogP contribution in [0, 0.1) is 29.1 Å². The molecule has 2 saturated carbocycles. The smallest absolute Gasteiger partial charge is 0.0678 e. The number of aliphatic hydroxyl groups is 1. The highest BCUT2D eigenvalue weighted by Crippen LogP contribution is 2.65. The van der Waals surface area contributed by atoms with Gasteiger partial charge < -0.3 is 5.11 Å². The van der Waals surface area contributed by atoms with Crippen molar-refractivity contribution in [3.05, 3.63) is 0 Å². The first-order chi connectivity index (χ1) is 5.79. The molecule has 0 amide bonds. The summed E-state index contributed by atoms with van der Waals surface area (Å²) in [5.41, 5.74) is 0.0337. The summed E-state index contributed by atoms with van der Waals surface area (Å²) >= 11 is 0. The zero-order valence-corrected chi connectivity index (χ0v) is 9.46. The van der Waals surface area contributed by atoms with Gasteiger partial charge in [0.15, 0.2) is 0 Å². The molecule has 2 aliphatic carbocycles. The molecule has 5 atom stereocenters. The van der Waals surface area contributed by atoms with Crippen molar-refractivity contribution in [2.45, 2.75) is 46.6 Å². The highest BCUT2D eigenvalue weighted by Gasteiger charge is 2.63. The Hall–Kier alpha value is -0.0400. The summed E-state index contributed by atoms with van der Waals surface area (Å²) in [7, 11) is 0. The third kappa shape index (κ3) is 0.918. The van der Waals surface area contributed by atoms with Crippen LogP contribution in [0.1, 0.15) is 41.0 Å². The van der Waals surface area contributed by atoms with Crippen LogP contribution in [0.5, 0.6) is 0 Å². The van der Waals surface area contributed by atoms with E-state index in [1.165, 1.54) is 6.42 Å². The van der Waals surface area contributed by atoms with Gasteiger partial charge >= 0.3 is 0 Å². The van der Waals surface area contributed by atoms with E-state index >= 15 is 0 Å². The molecule has 0 aromatic rings. The Balaban J connectivity index is 2.37. The molecular formula is C12H22O. The summed E-state index contributed by atoms with van der Waals surface area (Å²) in [6.45, 7) is 11.3. The van der Waals surface area contributed by atoms with Gasteiger partial charge in [0.2, 0.25) is 0 Å². The maximum absolute atomic E-state index is 10.4. The quantitative estimate of drug-likeness (QED) is 0.610. The SMILES string of the molecule is C[C@H]1[C@H]2C[C@H]([C@H](C)[C@@]2(C)O)C1(C)C. The topological polar surface area (TPSA) is 20.2 Å². The molecule has 1 nitrogen and oxygen atoms in total. The minimum Gasteiger partial charge on any atom is -0.390 e. The largest absolute Gasteiger partial charge is 0.390 e. The third-order valence-electron chi connectivity index (χ3n) is 5.52. The van der Waals surface area contributed by atoms with Crippen LogP contribution in [0.2, 0.25) is 0 Å². The van der Waals surface area contributed by atoms with Crippen molar-refractivity contribution in [2.24, 2.45) is 29.1 Å². The molecule has 2 aliphatic rings.